The number of ether oxygens (including phenoxy) is 1. The lowest BCUT2D eigenvalue weighted by molar-refractivity contribution is -0.137. The molecule has 3 nitrogen and oxygen atoms in total. The van der Waals surface area contributed by atoms with Gasteiger partial charge in [-0.25, -0.2) is 0 Å². The molecule has 1 fully saturated rings. The van der Waals surface area contributed by atoms with E-state index in [4.69, 9.17) is 4.74 Å². The molecule has 0 aromatic heterocycles. The lowest BCUT2D eigenvalue weighted by Crippen LogP contribution is -2.38. The van der Waals surface area contributed by atoms with Gasteiger partial charge in [-0.3, -0.25) is 4.79 Å². The highest BCUT2D eigenvalue weighted by Crippen LogP contribution is 2.08. The molecule has 0 radical (unpaired) electrons. The van der Waals surface area contributed by atoms with Gasteiger partial charge in [-0.2, -0.15) is 0 Å². The van der Waals surface area contributed by atoms with Gasteiger partial charge in [0.05, 0.1) is 0 Å². The summed E-state index contributed by atoms with van der Waals surface area (Å²) >= 11 is 0. The third-order valence-electron chi connectivity index (χ3n) is 2.39. The Morgan fingerprint density at radius 1 is 1.29 bits per heavy atom. The van der Waals surface area contributed by atoms with Crippen LogP contribution in [0.3, 0.4) is 0 Å². The molecule has 0 atom stereocenters. The average molecular weight is 199 g/mol. The summed E-state index contributed by atoms with van der Waals surface area (Å²) in [5, 5.41) is 0. The maximum atomic E-state index is 11.6. The van der Waals surface area contributed by atoms with Crippen molar-refractivity contribution in [3.8, 4) is 0 Å². The van der Waals surface area contributed by atoms with Crippen molar-refractivity contribution in [2.45, 2.75) is 33.1 Å². The second-order valence-corrected chi connectivity index (χ2v) is 4.35. The Labute approximate surface area is 86.4 Å². The lowest BCUT2D eigenvalue weighted by Gasteiger charge is -2.26. The normalized spacial score (nSPS) is 17.5. The molecule has 1 heterocycles. The summed E-state index contributed by atoms with van der Waals surface area (Å²) in [7, 11) is 0. The van der Waals surface area contributed by atoms with Crippen LogP contribution in [0.1, 0.15) is 33.1 Å². The van der Waals surface area contributed by atoms with Crippen LogP contribution in [0, 0.1) is 5.92 Å². The third-order valence-corrected chi connectivity index (χ3v) is 2.39. The molecular weight excluding hydrogens is 178 g/mol. The molecule has 0 unspecified atom stereocenters. The minimum atomic E-state index is 0.158. The third kappa shape index (κ3) is 4.09. The fourth-order valence-corrected chi connectivity index (χ4v) is 1.62. The monoisotopic (exact) mass is 199 g/mol. The summed E-state index contributed by atoms with van der Waals surface area (Å²) in [5.74, 6) is 0.662. The van der Waals surface area contributed by atoms with Crippen molar-refractivity contribution in [1.82, 2.24) is 4.90 Å². The largest absolute Gasteiger partial charge is 0.371 e. The first-order valence-corrected chi connectivity index (χ1v) is 5.55. The van der Waals surface area contributed by atoms with Gasteiger partial charge in [-0.1, -0.05) is 13.8 Å². The van der Waals surface area contributed by atoms with Crippen LogP contribution in [0.25, 0.3) is 0 Å². The summed E-state index contributed by atoms with van der Waals surface area (Å²) in [6, 6.07) is 0. The molecule has 3 heteroatoms. The molecule has 0 aromatic carbocycles. The summed E-state index contributed by atoms with van der Waals surface area (Å²) in [6.45, 7) is 6.96. The molecule has 1 amide bonds. The first kappa shape index (κ1) is 11.5. The van der Waals surface area contributed by atoms with E-state index in [0.717, 1.165) is 25.9 Å². The highest BCUT2D eigenvalue weighted by atomic mass is 16.5. The van der Waals surface area contributed by atoms with Crippen LogP contribution < -0.4 is 0 Å². The van der Waals surface area contributed by atoms with E-state index in [0.29, 0.717) is 12.5 Å². The lowest BCUT2D eigenvalue weighted by atomic mass is 10.1. The second-order valence-electron chi connectivity index (χ2n) is 4.35. The molecule has 1 aliphatic rings. The molecule has 1 rings (SSSR count). The second kappa shape index (κ2) is 6.02. The van der Waals surface area contributed by atoms with Gasteiger partial charge in [0.25, 0.3) is 0 Å². The van der Waals surface area contributed by atoms with Crippen molar-refractivity contribution in [3.63, 3.8) is 0 Å². The number of hydrogen-bond donors (Lipinski definition) is 0. The van der Waals surface area contributed by atoms with E-state index in [1.807, 2.05) is 4.90 Å². The minimum absolute atomic E-state index is 0.158. The van der Waals surface area contributed by atoms with Crippen LogP contribution >= 0.6 is 0 Å². The predicted octanol–water partition coefficient (Wildman–Crippen LogP) is 1.67. The number of rotatable bonds is 4. The Kier molecular flexibility index (Phi) is 4.94. The maximum Gasteiger partial charge on any atom is 0.248 e. The number of carbonyl (C=O) groups is 1. The average Bonchev–Trinajstić information content (AvgIpc) is 2.18. The van der Waals surface area contributed by atoms with Crippen molar-refractivity contribution >= 4 is 5.91 Å². The van der Waals surface area contributed by atoms with Gasteiger partial charge in [0, 0.05) is 19.7 Å². The summed E-state index contributed by atoms with van der Waals surface area (Å²) in [5.41, 5.74) is 0. The van der Waals surface area contributed by atoms with Crippen LogP contribution in [0.15, 0.2) is 0 Å². The first-order chi connectivity index (χ1) is 6.70. The van der Waals surface area contributed by atoms with Crippen LogP contribution in [0.2, 0.25) is 0 Å². The molecule has 14 heavy (non-hydrogen) atoms. The molecular formula is C11H21NO2. The van der Waals surface area contributed by atoms with E-state index in [1.54, 1.807) is 0 Å². The number of nitrogens with zero attached hydrogens (tertiary/aromatic N) is 1. The van der Waals surface area contributed by atoms with Crippen molar-refractivity contribution in [2.24, 2.45) is 5.92 Å². The summed E-state index contributed by atoms with van der Waals surface area (Å²) in [4.78, 5) is 13.5. The predicted molar refractivity (Wildman–Crippen MR) is 56.1 cm³/mol. The van der Waals surface area contributed by atoms with Gasteiger partial charge in [0.15, 0.2) is 0 Å². The molecule has 0 aromatic rings. The first-order valence-electron chi connectivity index (χ1n) is 5.55. The van der Waals surface area contributed by atoms with Gasteiger partial charge >= 0.3 is 0 Å². The van der Waals surface area contributed by atoms with Gasteiger partial charge in [-0.05, 0) is 25.2 Å². The Morgan fingerprint density at radius 2 is 1.93 bits per heavy atom. The van der Waals surface area contributed by atoms with Crippen molar-refractivity contribution in [1.29, 1.82) is 0 Å². The molecule has 0 aliphatic carbocycles. The van der Waals surface area contributed by atoms with E-state index in [9.17, 15) is 4.79 Å². The Balaban J connectivity index is 2.13. The van der Waals surface area contributed by atoms with E-state index < -0.39 is 0 Å². The van der Waals surface area contributed by atoms with E-state index in [-0.39, 0.29) is 12.5 Å². The molecule has 1 aliphatic heterocycles. The SMILES string of the molecule is CC(C)COCC(=O)N1CCCCC1. The maximum absolute atomic E-state index is 11.6. The van der Waals surface area contributed by atoms with E-state index in [1.165, 1.54) is 6.42 Å². The highest BCUT2D eigenvalue weighted by molar-refractivity contribution is 5.77. The zero-order valence-electron chi connectivity index (χ0n) is 9.29. The minimum Gasteiger partial charge on any atom is -0.371 e. The summed E-state index contributed by atoms with van der Waals surface area (Å²) in [6.07, 6.45) is 3.56. The topological polar surface area (TPSA) is 29.5 Å². The van der Waals surface area contributed by atoms with Crippen LogP contribution in [-0.4, -0.2) is 37.1 Å². The van der Waals surface area contributed by atoms with E-state index >= 15 is 0 Å². The fourth-order valence-electron chi connectivity index (χ4n) is 1.62. The van der Waals surface area contributed by atoms with Crippen molar-refractivity contribution < 1.29 is 9.53 Å². The van der Waals surface area contributed by atoms with Crippen LogP contribution in [0.4, 0.5) is 0 Å². The smallest absolute Gasteiger partial charge is 0.248 e. The van der Waals surface area contributed by atoms with Crippen LogP contribution in [0.5, 0.6) is 0 Å². The zero-order valence-corrected chi connectivity index (χ0v) is 9.29. The van der Waals surface area contributed by atoms with Gasteiger partial charge in [0.2, 0.25) is 5.91 Å². The molecule has 0 N–H and O–H groups in total. The molecule has 82 valence electrons. The number of piperidine rings is 1. The molecule has 0 spiro atoms. The van der Waals surface area contributed by atoms with Crippen molar-refractivity contribution in [2.75, 3.05) is 26.3 Å². The molecule has 1 saturated heterocycles. The van der Waals surface area contributed by atoms with E-state index in [2.05, 4.69) is 13.8 Å². The molecule has 0 saturated carbocycles. The van der Waals surface area contributed by atoms with Crippen LogP contribution in [-0.2, 0) is 9.53 Å². The Morgan fingerprint density at radius 3 is 2.50 bits per heavy atom. The van der Waals surface area contributed by atoms with Gasteiger partial charge in [-0.15, -0.1) is 0 Å². The Hall–Kier alpha value is -0.570. The quantitative estimate of drug-likeness (QED) is 0.689. The number of amides is 1. The van der Waals surface area contributed by atoms with Gasteiger partial charge in [0.1, 0.15) is 6.61 Å². The zero-order chi connectivity index (χ0) is 10.4. The fraction of sp³-hybridized carbons (Fsp3) is 0.909. The Bertz CT molecular complexity index is 174. The number of carbonyl (C=O) groups excluding carboxylic acids is 1. The summed E-state index contributed by atoms with van der Waals surface area (Å²) < 4.78 is 5.32. The number of likely N-dealkylation sites (tertiary alicyclic amines) is 1. The molecule has 0 bridgehead atoms. The van der Waals surface area contributed by atoms with Gasteiger partial charge < -0.3 is 9.64 Å². The van der Waals surface area contributed by atoms with Crippen molar-refractivity contribution in [3.05, 3.63) is 0 Å². The standard InChI is InChI=1S/C11H21NO2/c1-10(2)8-14-9-11(13)12-6-4-3-5-7-12/h10H,3-9H2,1-2H3. The number of hydrogen-bond acceptors (Lipinski definition) is 2. The highest BCUT2D eigenvalue weighted by Gasteiger charge is 2.15.